The normalized spacial score (nSPS) is 13.1. The zero-order chi connectivity index (χ0) is 12.1. The van der Waals surface area contributed by atoms with E-state index in [-0.39, 0.29) is 11.7 Å². The zero-order valence-corrected chi connectivity index (χ0v) is 10.3. The van der Waals surface area contributed by atoms with Crippen LogP contribution in [0.2, 0.25) is 0 Å². The van der Waals surface area contributed by atoms with Crippen LogP contribution in [0.1, 0.15) is 37.8 Å². The number of carbonyl (C=O) groups excluding carboxylic acids is 1. The van der Waals surface area contributed by atoms with Crippen LogP contribution in [0.3, 0.4) is 0 Å². The van der Waals surface area contributed by atoms with Gasteiger partial charge in [0.25, 0.3) is 0 Å². The molecule has 0 radical (unpaired) electrons. The molecule has 1 unspecified atom stereocenters. The minimum Gasteiger partial charge on any atom is -0.330 e. The molecule has 1 aromatic heterocycles. The highest BCUT2D eigenvalue weighted by Crippen LogP contribution is 2.15. The summed E-state index contributed by atoms with van der Waals surface area (Å²) < 4.78 is 1.87. The maximum atomic E-state index is 12.2. The molecule has 4 heteroatoms. The SMILES string of the molecule is CCn1ccnc1C(=O)C(CN)CC(C)C. The van der Waals surface area contributed by atoms with E-state index >= 15 is 0 Å². The molecule has 4 nitrogen and oxygen atoms in total. The van der Waals surface area contributed by atoms with E-state index in [1.165, 1.54) is 0 Å². The lowest BCUT2D eigenvalue weighted by Crippen LogP contribution is -2.27. The van der Waals surface area contributed by atoms with E-state index in [0.717, 1.165) is 13.0 Å². The second kappa shape index (κ2) is 5.80. The van der Waals surface area contributed by atoms with Crippen molar-refractivity contribution in [3.8, 4) is 0 Å². The quantitative estimate of drug-likeness (QED) is 0.747. The van der Waals surface area contributed by atoms with Crippen LogP contribution in [0.4, 0.5) is 0 Å². The average Bonchev–Trinajstić information content (AvgIpc) is 2.72. The molecule has 0 aliphatic heterocycles. The summed E-state index contributed by atoms with van der Waals surface area (Å²) in [6, 6.07) is 0. The molecule has 0 saturated heterocycles. The molecule has 1 aromatic rings. The van der Waals surface area contributed by atoms with Gasteiger partial charge >= 0.3 is 0 Å². The van der Waals surface area contributed by atoms with Gasteiger partial charge < -0.3 is 10.3 Å². The third kappa shape index (κ3) is 2.92. The fraction of sp³-hybridized carbons (Fsp3) is 0.667. The molecule has 0 saturated carbocycles. The highest BCUT2D eigenvalue weighted by atomic mass is 16.1. The standard InChI is InChI=1S/C12H21N3O/c1-4-15-6-5-14-12(15)11(16)10(8-13)7-9(2)3/h5-6,9-10H,4,7-8,13H2,1-3H3. The Balaban J connectivity index is 2.82. The topological polar surface area (TPSA) is 60.9 Å². The summed E-state index contributed by atoms with van der Waals surface area (Å²) in [4.78, 5) is 16.3. The lowest BCUT2D eigenvalue weighted by molar-refractivity contribution is 0.0893. The third-order valence-electron chi connectivity index (χ3n) is 2.69. The minimum atomic E-state index is -0.104. The first-order valence-corrected chi connectivity index (χ1v) is 5.85. The summed E-state index contributed by atoms with van der Waals surface area (Å²) >= 11 is 0. The van der Waals surface area contributed by atoms with Crippen LogP contribution in [0.5, 0.6) is 0 Å². The Morgan fingerprint density at radius 3 is 2.75 bits per heavy atom. The van der Waals surface area contributed by atoms with Crippen LogP contribution in [0, 0.1) is 11.8 Å². The monoisotopic (exact) mass is 223 g/mol. The molecule has 0 bridgehead atoms. The highest BCUT2D eigenvalue weighted by molar-refractivity contribution is 5.94. The van der Waals surface area contributed by atoms with Crippen molar-refractivity contribution >= 4 is 5.78 Å². The van der Waals surface area contributed by atoms with Gasteiger partial charge in [-0.25, -0.2) is 4.98 Å². The zero-order valence-electron chi connectivity index (χ0n) is 10.3. The predicted molar refractivity (Wildman–Crippen MR) is 64.2 cm³/mol. The van der Waals surface area contributed by atoms with Gasteiger partial charge in [-0.1, -0.05) is 13.8 Å². The molecule has 0 amide bonds. The van der Waals surface area contributed by atoms with Crippen LogP contribution in [0.15, 0.2) is 12.4 Å². The van der Waals surface area contributed by atoms with Crippen molar-refractivity contribution in [3.63, 3.8) is 0 Å². The van der Waals surface area contributed by atoms with Gasteiger partial charge in [0.1, 0.15) is 0 Å². The number of hydrogen-bond donors (Lipinski definition) is 1. The molecule has 0 fully saturated rings. The van der Waals surface area contributed by atoms with Crippen LogP contribution in [0.25, 0.3) is 0 Å². The third-order valence-corrected chi connectivity index (χ3v) is 2.69. The van der Waals surface area contributed by atoms with Crippen molar-refractivity contribution in [2.75, 3.05) is 6.54 Å². The Morgan fingerprint density at radius 2 is 2.25 bits per heavy atom. The van der Waals surface area contributed by atoms with Crippen molar-refractivity contribution in [3.05, 3.63) is 18.2 Å². The van der Waals surface area contributed by atoms with Crippen molar-refractivity contribution in [2.45, 2.75) is 33.7 Å². The number of rotatable bonds is 6. The first-order chi connectivity index (χ1) is 7.60. The number of carbonyl (C=O) groups is 1. The molecule has 0 aliphatic carbocycles. The van der Waals surface area contributed by atoms with Gasteiger partial charge in [0.15, 0.2) is 5.82 Å². The van der Waals surface area contributed by atoms with Crippen molar-refractivity contribution in [1.82, 2.24) is 9.55 Å². The Kier molecular flexibility index (Phi) is 4.68. The molecular formula is C12H21N3O. The van der Waals surface area contributed by atoms with Gasteiger partial charge in [-0.3, -0.25) is 4.79 Å². The van der Waals surface area contributed by atoms with E-state index in [9.17, 15) is 4.79 Å². The number of nitrogens with zero attached hydrogens (tertiary/aromatic N) is 2. The van der Waals surface area contributed by atoms with Crippen LogP contribution >= 0.6 is 0 Å². The Morgan fingerprint density at radius 1 is 1.56 bits per heavy atom. The molecule has 0 aliphatic rings. The largest absolute Gasteiger partial charge is 0.330 e. The molecule has 1 heterocycles. The van der Waals surface area contributed by atoms with Crippen LogP contribution in [-0.4, -0.2) is 21.9 Å². The van der Waals surface area contributed by atoms with E-state index < -0.39 is 0 Å². The molecule has 90 valence electrons. The number of aryl methyl sites for hydroxylation is 1. The fourth-order valence-electron chi connectivity index (χ4n) is 1.85. The molecule has 0 spiro atoms. The van der Waals surface area contributed by atoms with Gasteiger partial charge in [-0.2, -0.15) is 0 Å². The van der Waals surface area contributed by atoms with Crippen molar-refractivity contribution in [1.29, 1.82) is 0 Å². The maximum Gasteiger partial charge on any atom is 0.202 e. The second-order valence-corrected chi connectivity index (χ2v) is 4.46. The second-order valence-electron chi connectivity index (χ2n) is 4.46. The van der Waals surface area contributed by atoms with Gasteiger partial charge in [0.2, 0.25) is 5.78 Å². The summed E-state index contributed by atoms with van der Waals surface area (Å²) in [5.41, 5.74) is 5.66. The average molecular weight is 223 g/mol. The Labute approximate surface area is 96.9 Å². The summed E-state index contributed by atoms with van der Waals surface area (Å²) in [6.45, 7) is 7.36. The van der Waals surface area contributed by atoms with Crippen LogP contribution in [-0.2, 0) is 6.54 Å². The lowest BCUT2D eigenvalue weighted by atomic mass is 9.93. The van der Waals surface area contributed by atoms with E-state index in [0.29, 0.717) is 18.3 Å². The Bertz CT molecular complexity index is 344. The number of imidazole rings is 1. The van der Waals surface area contributed by atoms with Gasteiger partial charge in [0.05, 0.1) is 0 Å². The summed E-state index contributed by atoms with van der Waals surface area (Å²) in [7, 11) is 0. The van der Waals surface area contributed by atoms with Crippen molar-refractivity contribution < 1.29 is 4.79 Å². The predicted octanol–water partition coefficient (Wildman–Crippen LogP) is 1.71. The molecule has 1 atom stereocenters. The maximum absolute atomic E-state index is 12.2. The van der Waals surface area contributed by atoms with Crippen molar-refractivity contribution in [2.24, 2.45) is 17.6 Å². The van der Waals surface area contributed by atoms with Crippen LogP contribution < -0.4 is 5.73 Å². The van der Waals surface area contributed by atoms with E-state index in [4.69, 9.17) is 5.73 Å². The number of ketones is 1. The number of Topliss-reactive ketones (excluding diaryl/α,β-unsaturated/α-hetero) is 1. The molecule has 2 N–H and O–H groups in total. The first-order valence-electron chi connectivity index (χ1n) is 5.85. The molecule has 1 rings (SSSR count). The van der Waals surface area contributed by atoms with Gasteiger partial charge in [-0.05, 0) is 19.3 Å². The lowest BCUT2D eigenvalue weighted by Gasteiger charge is -2.15. The molecule has 0 aromatic carbocycles. The summed E-state index contributed by atoms with van der Waals surface area (Å²) in [6.07, 6.45) is 4.32. The molecular weight excluding hydrogens is 202 g/mol. The first kappa shape index (κ1) is 12.9. The van der Waals surface area contributed by atoms with E-state index in [2.05, 4.69) is 18.8 Å². The smallest absolute Gasteiger partial charge is 0.202 e. The van der Waals surface area contributed by atoms with E-state index in [1.54, 1.807) is 6.20 Å². The van der Waals surface area contributed by atoms with E-state index in [1.807, 2.05) is 17.7 Å². The minimum absolute atomic E-state index is 0.0723. The summed E-state index contributed by atoms with van der Waals surface area (Å²) in [5.74, 6) is 0.983. The number of aromatic nitrogens is 2. The fourth-order valence-corrected chi connectivity index (χ4v) is 1.85. The highest BCUT2D eigenvalue weighted by Gasteiger charge is 2.23. The number of nitrogens with two attached hydrogens (primary N) is 1. The summed E-state index contributed by atoms with van der Waals surface area (Å²) in [5, 5.41) is 0. The van der Waals surface area contributed by atoms with Gasteiger partial charge in [0, 0.05) is 31.4 Å². The number of hydrogen-bond acceptors (Lipinski definition) is 3. The molecule has 16 heavy (non-hydrogen) atoms. The van der Waals surface area contributed by atoms with Gasteiger partial charge in [-0.15, -0.1) is 0 Å². The Hall–Kier alpha value is -1.16.